The molecule has 0 bridgehead atoms. The van der Waals surface area contributed by atoms with E-state index >= 15 is 0 Å². The van der Waals surface area contributed by atoms with Gasteiger partial charge in [0.05, 0.1) is 5.97 Å². The van der Waals surface area contributed by atoms with Crippen LogP contribution >= 0.6 is 0 Å². The number of aliphatic hydroxyl groups is 1. The van der Waals surface area contributed by atoms with Crippen LogP contribution in [0.25, 0.3) is 0 Å². The minimum absolute atomic E-state index is 0. The van der Waals surface area contributed by atoms with Crippen molar-refractivity contribution in [2.75, 3.05) is 13.2 Å². The third-order valence-electron chi connectivity index (χ3n) is 1.10. The molecular formula is C13H33O7-. The monoisotopic (exact) mass is 301 g/mol. The van der Waals surface area contributed by atoms with Crippen LogP contribution in [-0.2, 0) is 23.9 Å². The highest BCUT2D eigenvalue weighted by Gasteiger charge is 2.18. The summed E-state index contributed by atoms with van der Waals surface area (Å²) >= 11 is 0. The fraction of sp³-hybridized carbons (Fsp3) is 0.769. The van der Waals surface area contributed by atoms with Crippen LogP contribution in [0.2, 0.25) is 0 Å². The number of rotatable bonds is 5. The zero-order chi connectivity index (χ0) is 11.1. The molecule has 0 radical (unpaired) electrons. The number of carbonyl (C=O) groups excluding carboxylic acids is 3. The fourth-order valence-electron chi connectivity index (χ4n) is 0.530. The summed E-state index contributed by atoms with van der Waals surface area (Å²) in [6.45, 7) is -0.580. The number of carbonyl (C=O) groups is 3. The molecule has 0 spiro atoms. The van der Waals surface area contributed by atoms with Gasteiger partial charge >= 0.3 is 11.9 Å². The van der Waals surface area contributed by atoms with Gasteiger partial charge in [0.15, 0.2) is 6.10 Å². The summed E-state index contributed by atoms with van der Waals surface area (Å²) in [5, 5.41) is 18.1. The molecule has 0 aromatic carbocycles. The number of carboxylic acids is 1. The first-order valence-corrected chi connectivity index (χ1v) is 3.64. The van der Waals surface area contributed by atoms with E-state index in [0.717, 1.165) is 0 Å². The van der Waals surface area contributed by atoms with E-state index in [-0.39, 0.29) is 44.6 Å². The van der Waals surface area contributed by atoms with Crippen molar-refractivity contribution in [2.45, 2.75) is 57.6 Å². The van der Waals surface area contributed by atoms with Gasteiger partial charge in [0.25, 0.3) is 0 Å². The molecule has 0 heterocycles. The van der Waals surface area contributed by atoms with Gasteiger partial charge in [0.1, 0.15) is 13.2 Å². The third kappa shape index (κ3) is 21.6. The van der Waals surface area contributed by atoms with E-state index < -0.39 is 37.2 Å². The molecule has 1 unspecified atom stereocenters. The maximum Gasteiger partial charge on any atom is 0.347 e. The van der Waals surface area contributed by atoms with Gasteiger partial charge in [-0.05, 0) is 6.92 Å². The van der Waals surface area contributed by atoms with E-state index in [4.69, 9.17) is 5.11 Å². The van der Waals surface area contributed by atoms with E-state index in [2.05, 4.69) is 9.47 Å². The molecule has 20 heavy (non-hydrogen) atoms. The van der Waals surface area contributed by atoms with E-state index in [1.807, 2.05) is 0 Å². The topological polar surface area (TPSA) is 113 Å². The van der Waals surface area contributed by atoms with E-state index in [1.165, 1.54) is 6.92 Å². The van der Waals surface area contributed by atoms with Crippen molar-refractivity contribution in [1.82, 2.24) is 0 Å². The van der Waals surface area contributed by atoms with Gasteiger partial charge in [-0.3, -0.25) is 0 Å². The summed E-state index contributed by atoms with van der Waals surface area (Å²) in [6.07, 6.45) is -1.26. The predicted octanol–water partition coefficient (Wildman–Crippen LogP) is 1.02. The summed E-state index contributed by atoms with van der Waals surface area (Å²) in [4.78, 5) is 31.2. The highest BCUT2D eigenvalue weighted by Crippen LogP contribution is 1.94. The van der Waals surface area contributed by atoms with Crippen molar-refractivity contribution in [3.63, 3.8) is 0 Å². The summed E-state index contributed by atoms with van der Waals surface area (Å²) in [5.41, 5.74) is 0. The molecule has 1 atom stereocenters. The van der Waals surface area contributed by atoms with E-state index in [9.17, 15) is 19.5 Å². The Morgan fingerprint density at radius 1 is 1.05 bits per heavy atom. The molecule has 7 nitrogen and oxygen atoms in total. The van der Waals surface area contributed by atoms with Gasteiger partial charge in [-0.25, -0.2) is 9.59 Å². The zero-order valence-corrected chi connectivity index (χ0v) is 7.39. The maximum absolute atomic E-state index is 10.8. The van der Waals surface area contributed by atoms with Crippen LogP contribution in [0.3, 0.4) is 0 Å². The summed E-state index contributed by atoms with van der Waals surface area (Å²) in [6, 6.07) is 0. The average Bonchev–Trinajstić information content (AvgIpc) is 2.13. The Kier molecular flexibility index (Phi) is 48.3. The predicted molar refractivity (Wildman–Crippen MR) is 79.0 cm³/mol. The summed E-state index contributed by atoms with van der Waals surface area (Å²) in [7, 11) is 0. The highest BCUT2D eigenvalue weighted by molar-refractivity contribution is 5.80. The van der Waals surface area contributed by atoms with Crippen LogP contribution in [0.4, 0.5) is 0 Å². The third-order valence-corrected chi connectivity index (χ3v) is 1.10. The van der Waals surface area contributed by atoms with Crippen molar-refractivity contribution in [1.29, 1.82) is 0 Å². The van der Waals surface area contributed by atoms with Gasteiger partial charge in [-0.15, -0.1) is 0 Å². The Hall–Kier alpha value is -1.63. The number of hydrogen-bond donors (Lipinski definition) is 1. The Morgan fingerprint density at radius 2 is 1.45 bits per heavy atom. The lowest BCUT2D eigenvalue weighted by atomic mass is 10.4. The molecular weight excluding hydrogens is 268 g/mol. The van der Waals surface area contributed by atoms with Crippen LogP contribution in [0.1, 0.15) is 51.5 Å². The Balaban J connectivity index is -0.0000000563. The van der Waals surface area contributed by atoms with Crippen LogP contribution in [0.5, 0.6) is 0 Å². The molecule has 0 saturated heterocycles. The van der Waals surface area contributed by atoms with Crippen LogP contribution in [0, 0.1) is 0 Å². The second-order valence-electron chi connectivity index (χ2n) is 2.27. The summed E-state index contributed by atoms with van der Waals surface area (Å²) in [5.74, 6) is -3.57. The minimum Gasteiger partial charge on any atom is -0.546 e. The first kappa shape index (κ1) is 42.9. The maximum atomic E-state index is 10.8. The normalized spacial score (nSPS) is 8.10. The first-order chi connectivity index (χ1) is 6.47. The van der Waals surface area contributed by atoms with Crippen LogP contribution in [0.15, 0.2) is 0 Å². The summed E-state index contributed by atoms with van der Waals surface area (Å²) < 4.78 is 8.47. The second-order valence-corrected chi connectivity index (χ2v) is 2.27. The lowest BCUT2D eigenvalue weighted by Crippen LogP contribution is -2.33. The Bertz CT molecular complexity index is 239. The van der Waals surface area contributed by atoms with E-state index in [0.29, 0.717) is 0 Å². The standard InChI is InChI=1S/C7H10O7.6CH4/c1-4(14-6(11)2-8)7(12)13-3-5(9)10;;;;;;/h4,8H,2-3H2,1H3,(H,9,10);6*1H4/p-1. The van der Waals surface area contributed by atoms with Gasteiger partial charge < -0.3 is 24.5 Å². The highest BCUT2D eigenvalue weighted by atomic mass is 16.6. The smallest absolute Gasteiger partial charge is 0.347 e. The molecule has 0 rings (SSSR count). The molecule has 0 aromatic heterocycles. The molecule has 0 aliphatic rings. The zero-order valence-electron chi connectivity index (χ0n) is 7.39. The van der Waals surface area contributed by atoms with E-state index in [1.54, 1.807) is 0 Å². The van der Waals surface area contributed by atoms with Gasteiger partial charge in [0, 0.05) is 0 Å². The first-order valence-electron chi connectivity index (χ1n) is 3.64. The van der Waals surface area contributed by atoms with Crippen molar-refractivity contribution < 1.29 is 34.1 Å². The lowest BCUT2D eigenvalue weighted by Gasteiger charge is -2.11. The van der Waals surface area contributed by atoms with Crippen LogP contribution in [-0.4, -0.2) is 42.3 Å². The second kappa shape index (κ2) is 22.5. The van der Waals surface area contributed by atoms with Crippen LogP contribution < -0.4 is 5.11 Å². The molecule has 0 aliphatic carbocycles. The molecule has 7 heteroatoms. The Labute approximate surface area is 123 Å². The number of aliphatic hydroxyl groups excluding tert-OH is 1. The number of esters is 2. The number of aliphatic carboxylic acids is 1. The molecule has 1 N–H and O–H groups in total. The SMILES string of the molecule is C.C.C.C.C.C.CC(OC(=O)CO)C(=O)OCC(=O)[O-]. The average molecular weight is 301 g/mol. The minimum atomic E-state index is -1.56. The van der Waals surface area contributed by atoms with Crippen molar-refractivity contribution in [3.05, 3.63) is 0 Å². The van der Waals surface area contributed by atoms with Crippen molar-refractivity contribution in [2.24, 2.45) is 0 Å². The van der Waals surface area contributed by atoms with Gasteiger partial charge in [-0.2, -0.15) is 0 Å². The lowest BCUT2D eigenvalue weighted by molar-refractivity contribution is -0.309. The Morgan fingerprint density at radius 3 is 1.75 bits per heavy atom. The quantitative estimate of drug-likeness (QED) is 0.754. The molecule has 128 valence electrons. The molecule has 0 fully saturated rings. The molecule has 0 saturated carbocycles. The number of hydrogen-bond acceptors (Lipinski definition) is 7. The molecule has 0 amide bonds. The van der Waals surface area contributed by atoms with Crippen molar-refractivity contribution >= 4 is 17.9 Å². The molecule has 0 aliphatic heterocycles. The van der Waals surface area contributed by atoms with Crippen molar-refractivity contribution in [3.8, 4) is 0 Å². The fourth-order valence-corrected chi connectivity index (χ4v) is 0.530. The largest absolute Gasteiger partial charge is 0.546 e. The van der Waals surface area contributed by atoms with Gasteiger partial charge in [0.2, 0.25) is 0 Å². The molecule has 0 aromatic rings. The van der Waals surface area contributed by atoms with Gasteiger partial charge in [-0.1, -0.05) is 44.6 Å². The number of carboxylic acid groups (broad SMARTS) is 1. The number of ether oxygens (including phenoxy) is 2.